The zero-order valence-electron chi connectivity index (χ0n) is 18.7. The van der Waals surface area contributed by atoms with Gasteiger partial charge in [0.25, 0.3) is 0 Å². The van der Waals surface area contributed by atoms with Gasteiger partial charge in [0.15, 0.2) is 0 Å². The van der Waals surface area contributed by atoms with Gasteiger partial charge < -0.3 is 15.1 Å². The first-order valence-electron chi connectivity index (χ1n) is 12.3. The Morgan fingerprint density at radius 3 is 2.48 bits per heavy atom. The maximum atomic E-state index is 4.55. The van der Waals surface area contributed by atoms with E-state index in [4.69, 9.17) is 0 Å². The van der Waals surface area contributed by atoms with Crippen LogP contribution in [0.3, 0.4) is 0 Å². The molecule has 7 nitrogen and oxygen atoms in total. The third-order valence-corrected chi connectivity index (χ3v) is 8.21. The van der Waals surface area contributed by atoms with E-state index in [2.05, 4.69) is 53.1 Å². The predicted octanol–water partition coefficient (Wildman–Crippen LogP) is 2.97. The van der Waals surface area contributed by atoms with Crippen LogP contribution in [-0.4, -0.2) is 83.0 Å². The summed E-state index contributed by atoms with van der Waals surface area (Å²) < 4.78 is 2.20. The molecule has 2 saturated heterocycles. The fourth-order valence-electron chi connectivity index (χ4n) is 5.36. The van der Waals surface area contributed by atoms with Crippen LogP contribution in [0.2, 0.25) is 0 Å². The van der Waals surface area contributed by atoms with E-state index >= 15 is 0 Å². The molecule has 3 fully saturated rings. The number of hydrogen-bond acceptors (Lipinski definition) is 7. The van der Waals surface area contributed by atoms with Crippen molar-refractivity contribution in [1.82, 2.24) is 29.9 Å². The standard InChI is InChI=1S/C23H37N7S/c1-2-7-20(8-3-1)28-15-17-29(18-16-28)22-25-26-23(31-22)30-13-6-9-21(30)19-24-10-14-27-11-4-5-12-27/h6,9,13,20,24H,1-5,7-8,10-12,14-19H2. The molecule has 2 aromatic heterocycles. The number of anilines is 1. The highest BCUT2D eigenvalue weighted by Crippen LogP contribution is 2.28. The van der Waals surface area contributed by atoms with Crippen LogP contribution in [0.5, 0.6) is 0 Å². The normalized spacial score (nSPS) is 21.9. The molecule has 5 rings (SSSR count). The molecule has 2 aliphatic heterocycles. The van der Waals surface area contributed by atoms with Crippen molar-refractivity contribution in [1.29, 1.82) is 0 Å². The molecule has 8 heteroatoms. The summed E-state index contributed by atoms with van der Waals surface area (Å²) in [5, 5.41) is 14.7. The van der Waals surface area contributed by atoms with Gasteiger partial charge in [-0.1, -0.05) is 30.6 Å². The SMILES string of the molecule is c1cc(CNCCN2CCCC2)n(-c2nnc(N3CCN(C4CCCCC4)CC3)s2)c1. The van der Waals surface area contributed by atoms with Gasteiger partial charge in [-0.25, -0.2) is 0 Å². The third-order valence-electron chi connectivity index (χ3n) is 7.23. The molecule has 0 spiro atoms. The summed E-state index contributed by atoms with van der Waals surface area (Å²) in [6, 6.07) is 5.12. The van der Waals surface area contributed by atoms with Crippen molar-refractivity contribution in [2.45, 2.75) is 57.5 Å². The zero-order valence-corrected chi connectivity index (χ0v) is 19.5. The number of nitrogens with one attached hydrogen (secondary N) is 1. The first kappa shape index (κ1) is 21.4. The summed E-state index contributed by atoms with van der Waals surface area (Å²) in [7, 11) is 0. The monoisotopic (exact) mass is 443 g/mol. The molecule has 0 radical (unpaired) electrons. The van der Waals surface area contributed by atoms with Crippen molar-refractivity contribution < 1.29 is 0 Å². The lowest BCUT2D eigenvalue weighted by Gasteiger charge is -2.40. The summed E-state index contributed by atoms with van der Waals surface area (Å²) in [5.74, 6) is 0. The highest BCUT2D eigenvalue weighted by atomic mass is 32.1. The van der Waals surface area contributed by atoms with Gasteiger partial charge in [0.1, 0.15) is 0 Å². The van der Waals surface area contributed by atoms with E-state index in [-0.39, 0.29) is 0 Å². The van der Waals surface area contributed by atoms with E-state index in [1.165, 1.54) is 63.7 Å². The number of likely N-dealkylation sites (tertiary alicyclic amines) is 1. The Kier molecular flexibility index (Phi) is 7.19. The zero-order chi connectivity index (χ0) is 20.9. The highest BCUT2D eigenvalue weighted by Gasteiger charge is 2.26. The van der Waals surface area contributed by atoms with Gasteiger partial charge in [0, 0.05) is 63.7 Å². The van der Waals surface area contributed by atoms with Crippen LogP contribution < -0.4 is 10.2 Å². The van der Waals surface area contributed by atoms with Crippen LogP contribution in [0.15, 0.2) is 18.3 Å². The molecular formula is C23H37N7S. The third kappa shape index (κ3) is 5.30. The Hall–Kier alpha value is -1.48. The summed E-state index contributed by atoms with van der Waals surface area (Å²) in [6.45, 7) is 10.1. The van der Waals surface area contributed by atoms with Gasteiger partial charge in [-0.2, -0.15) is 0 Å². The molecule has 1 saturated carbocycles. The lowest BCUT2D eigenvalue weighted by atomic mass is 9.94. The Bertz CT molecular complexity index is 798. The number of piperazine rings is 1. The summed E-state index contributed by atoms with van der Waals surface area (Å²) >= 11 is 1.72. The van der Waals surface area contributed by atoms with Crippen molar-refractivity contribution in [3.63, 3.8) is 0 Å². The van der Waals surface area contributed by atoms with E-state index in [0.717, 1.165) is 62.1 Å². The average molecular weight is 444 g/mol. The van der Waals surface area contributed by atoms with Gasteiger partial charge in [0.2, 0.25) is 10.3 Å². The quantitative estimate of drug-likeness (QED) is 0.633. The van der Waals surface area contributed by atoms with Crippen LogP contribution in [-0.2, 0) is 6.54 Å². The lowest BCUT2D eigenvalue weighted by molar-refractivity contribution is 0.148. The maximum Gasteiger partial charge on any atom is 0.218 e. The Morgan fingerprint density at radius 2 is 1.68 bits per heavy atom. The second-order valence-electron chi connectivity index (χ2n) is 9.28. The predicted molar refractivity (Wildman–Crippen MR) is 127 cm³/mol. The molecule has 0 bridgehead atoms. The molecule has 1 N–H and O–H groups in total. The molecule has 0 aromatic carbocycles. The summed E-state index contributed by atoms with van der Waals surface area (Å²) in [6.07, 6.45) is 11.9. The minimum absolute atomic E-state index is 0.821. The highest BCUT2D eigenvalue weighted by molar-refractivity contribution is 7.17. The largest absolute Gasteiger partial charge is 0.344 e. The van der Waals surface area contributed by atoms with Gasteiger partial charge in [-0.3, -0.25) is 9.47 Å². The molecule has 0 amide bonds. The Morgan fingerprint density at radius 1 is 0.903 bits per heavy atom. The second-order valence-corrected chi connectivity index (χ2v) is 10.2. The number of aromatic nitrogens is 3. The molecule has 4 heterocycles. The fourth-order valence-corrected chi connectivity index (χ4v) is 6.28. The molecule has 0 atom stereocenters. The Labute approximate surface area is 190 Å². The van der Waals surface area contributed by atoms with Crippen molar-refractivity contribution in [2.75, 3.05) is 57.3 Å². The first-order chi connectivity index (χ1) is 15.4. The average Bonchev–Trinajstić information content (AvgIpc) is 3.59. The number of nitrogens with zero attached hydrogens (tertiary/aromatic N) is 6. The Balaban J connectivity index is 1.13. The lowest BCUT2D eigenvalue weighted by Crippen LogP contribution is -2.50. The first-order valence-corrected chi connectivity index (χ1v) is 13.1. The minimum Gasteiger partial charge on any atom is -0.344 e. The van der Waals surface area contributed by atoms with Crippen molar-refractivity contribution in [3.8, 4) is 5.13 Å². The van der Waals surface area contributed by atoms with Gasteiger partial charge in [-0.15, -0.1) is 10.2 Å². The van der Waals surface area contributed by atoms with E-state index in [9.17, 15) is 0 Å². The molecule has 31 heavy (non-hydrogen) atoms. The summed E-state index contributed by atoms with van der Waals surface area (Å²) in [4.78, 5) is 7.70. The molecule has 170 valence electrons. The molecule has 1 aliphatic carbocycles. The van der Waals surface area contributed by atoms with Crippen LogP contribution >= 0.6 is 11.3 Å². The van der Waals surface area contributed by atoms with Gasteiger partial charge in [-0.05, 0) is 50.9 Å². The summed E-state index contributed by atoms with van der Waals surface area (Å²) in [5.41, 5.74) is 1.26. The fraction of sp³-hybridized carbons (Fsp3) is 0.739. The van der Waals surface area contributed by atoms with E-state index in [0.29, 0.717) is 0 Å². The second kappa shape index (κ2) is 10.4. The molecule has 2 aromatic rings. The van der Waals surface area contributed by atoms with Crippen LogP contribution in [0.25, 0.3) is 5.13 Å². The molecular weight excluding hydrogens is 406 g/mol. The van der Waals surface area contributed by atoms with E-state index in [1.54, 1.807) is 11.3 Å². The minimum atomic E-state index is 0.821. The number of rotatable bonds is 8. The maximum absolute atomic E-state index is 4.55. The van der Waals surface area contributed by atoms with Crippen LogP contribution in [0, 0.1) is 0 Å². The van der Waals surface area contributed by atoms with Crippen molar-refractivity contribution >= 4 is 16.5 Å². The van der Waals surface area contributed by atoms with E-state index < -0.39 is 0 Å². The molecule has 0 unspecified atom stereocenters. The number of hydrogen-bond donors (Lipinski definition) is 1. The van der Waals surface area contributed by atoms with E-state index in [1.807, 2.05) is 0 Å². The van der Waals surface area contributed by atoms with Crippen LogP contribution in [0.1, 0.15) is 50.6 Å². The van der Waals surface area contributed by atoms with Crippen molar-refractivity contribution in [3.05, 3.63) is 24.0 Å². The van der Waals surface area contributed by atoms with Crippen molar-refractivity contribution in [2.24, 2.45) is 0 Å². The van der Waals surface area contributed by atoms with Crippen LogP contribution in [0.4, 0.5) is 5.13 Å². The van der Waals surface area contributed by atoms with Gasteiger partial charge >= 0.3 is 0 Å². The molecule has 3 aliphatic rings. The topological polar surface area (TPSA) is 52.5 Å². The smallest absolute Gasteiger partial charge is 0.218 e. The van der Waals surface area contributed by atoms with Gasteiger partial charge in [0.05, 0.1) is 0 Å².